The number of amides is 3. The number of ether oxygens (including phenoxy) is 1. The second-order valence-corrected chi connectivity index (χ2v) is 5.40. The minimum atomic E-state index is -0.525. The summed E-state index contributed by atoms with van der Waals surface area (Å²) in [4.78, 5) is 50.5. The summed E-state index contributed by atoms with van der Waals surface area (Å²) in [5.74, 6) is -2.03. The summed E-state index contributed by atoms with van der Waals surface area (Å²) < 4.78 is 4.80. The molecule has 0 spiro atoms. The zero-order chi connectivity index (χ0) is 18.4. The van der Waals surface area contributed by atoms with Gasteiger partial charge in [0.05, 0.1) is 30.8 Å². The van der Waals surface area contributed by atoms with Crippen molar-refractivity contribution in [3.05, 3.63) is 35.4 Å². The molecular weight excluding hydrogens is 328 g/mol. The Morgan fingerprint density at radius 1 is 1.12 bits per heavy atom. The van der Waals surface area contributed by atoms with E-state index in [-0.39, 0.29) is 43.9 Å². The van der Waals surface area contributed by atoms with Crippen LogP contribution in [0.4, 0.5) is 0 Å². The van der Waals surface area contributed by atoms with Crippen LogP contribution in [0.25, 0.3) is 0 Å². The van der Waals surface area contributed by atoms with E-state index in [1.54, 1.807) is 19.1 Å². The number of esters is 1. The predicted molar refractivity (Wildman–Crippen MR) is 86.7 cm³/mol. The van der Waals surface area contributed by atoms with Crippen molar-refractivity contribution in [2.75, 3.05) is 32.8 Å². The van der Waals surface area contributed by atoms with E-state index in [1.165, 1.54) is 17.0 Å². The van der Waals surface area contributed by atoms with Crippen LogP contribution in [-0.2, 0) is 14.3 Å². The van der Waals surface area contributed by atoms with E-state index in [0.717, 1.165) is 4.90 Å². The molecule has 8 heteroatoms. The Bertz CT molecular complexity index is 652. The van der Waals surface area contributed by atoms with E-state index < -0.39 is 30.2 Å². The third-order valence-electron chi connectivity index (χ3n) is 3.79. The summed E-state index contributed by atoms with van der Waals surface area (Å²) in [5, 5.41) is 9.10. The van der Waals surface area contributed by atoms with Crippen LogP contribution < -0.4 is 0 Å². The molecule has 0 aromatic heterocycles. The van der Waals surface area contributed by atoms with Gasteiger partial charge >= 0.3 is 5.97 Å². The van der Waals surface area contributed by atoms with Crippen molar-refractivity contribution in [2.45, 2.75) is 13.3 Å². The highest BCUT2D eigenvalue weighted by molar-refractivity contribution is 6.22. The van der Waals surface area contributed by atoms with Gasteiger partial charge in [-0.2, -0.15) is 0 Å². The van der Waals surface area contributed by atoms with Crippen LogP contribution in [0.5, 0.6) is 0 Å². The number of hydrogen-bond donors (Lipinski definition) is 1. The molecule has 1 N–H and O–H groups in total. The molecule has 1 aromatic rings. The molecule has 134 valence electrons. The van der Waals surface area contributed by atoms with Crippen molar-refractivity contribution in [3.63, 3.8) is 0 Å². The molecule has 0 radical (unpaired) electrons. The average Bonchev–Trinajstić information content (AvgIpc) is 2.84. The fraction of sp³-hybridized carbons (Fsp3) is 0.412. The maximum absolute atomic E-state index is 12.4. The van der Waals surface area contributed by atoms with E-state index in [1.807, 2.05) is 0 Å². The first-order chi connectivity index (χ1) is 12.0. The van der Waals surface area contributed by atoms with Gasteiger partial charge in [-0.15, -0.1) is 0 Å². The lowest BCUT2D eigenvalue weighted by Crippen LogP contribution is -2.44. The largest absolute Gasteiger partial charge is 0.466 e. The number of carbonyl (C=O) groups is 4. The van der Waals surface area contributed by atoms with Crippen LogP contribution in [-0.4, -0.2) is 71.4 Å². The molecule has 0 saturated heterocycles. The molecule has 1 aliphatic heterocycles. The summed E-state index contributed by atoms with van der Waals surface area (Å²) >= 11 is 0. The Balaban J connectivity index is 2.02. The summed E-state index contributed by atoms with van der Waals surface area (Å²) in [5.41, 5.74) is 0.529. The van der Waals surface area contributed by atoms with Crippen molar-refractivity contribution in [1.29, 1.82) is 0 Å². The van der Waals surface area contributed by atoms with E-state index in [9.17, 15) is 19.2 Å². The molecule has 3 amide bonds. The Morgan fingerprint density at radius 2 is 1.72 bits per heavy atom. The molecule has 2 rings (SSSR count). The average molecular weight is 348 g/mol. The second kappa shape index (κ2) is 8.39. The number of nitrogens with zero attached hydrogens (tertiary/aromatic N) is 2. The molecule has 8 nitrogen and oxygen atoms in total. The molecule has 0 bridgehead atoms. The maximum Gasteiger partial charge on any atom is 0.307 e. The summed E-state index contributed by atoms with van der Waals surface area (Å²) in [7, 11) is 0. The van der Waals surface area contributed by atoms with E-state index in [2.05, 4.69) is 0 Å². The smallest absolute Gasteiger partial charge is 0.307 e. The van der Waals surface area contributed by atoms with Crippen molar-refractivity contribution in [1.82, 2.24) is 9.80 Å². The quantitative estimate of drug-likeness (QED) is 0.526. The van der Waals surface area contributed by atoms with Gasteiger partial charge in [0.25, 0.3) is 11.8 Å². The summed E-state index contributed by atoms with van der Waals surface area (Å²) in [6, 6.07) is 6.36. The Morgan fingerprint density at radius 3 is 2.24 bits per heavy atom. The highest BCUT2D eigenvalue weighted by Crippen LogP contribution is 2.22. The number of fused-ring (bicyclic) bond motifs is 1. The van der Waals surface area contributed by atoms with Gasteiger partial charge in [-0.1, -0.05) is 12.1 Å². The number of imide groups is 1. The standard InChI is InChI=1S/C17H20N2O6/c1-2-25-15(22)7-8-18(9-10-20)14(21)11-19-16(23)12-5-3-4-6-13(12)17(19)24/h3-6,20H,2,7-11H2,1H3. The fourth-order valence-electron chi connectivity index (χ4n) is 2.56. The predicted octanol–water partition coefficient (Wildman–Crippen LogP) is 0.0567. The minimum Gasteiger partial charge on any atom is -0.466 e. The summed E-state index contributed by atoms with van der Waals surface area (Å²) in [6.45, 7) is 1.23. The van der Waals surface area contributed by atoms with Gasteiger partial charge < -0.3 is 14.7 Å². The lowest BCUT2D eigenvalue weighted by Gasteiger charge is -2.23. The number of rotatable bonds is 8. The molecule has 25 heavy (non-hydrogen) atoms. The van der Waals surface area contributed by atoms with Gasteiger partial charge in [-0.25, -0.2) is 0 Å². The van der Waals surface area contributed by atoms with E-state index in [0.29, 0.717) is 0 Å². The first-order valence-electron chi connectivity index (χ1n) is 7.99. The van der Waals surface area contributed by atoms with Crippen molar-refractivity contribution in [3.8, 4) is 0 Å². The molecule has 1 aliphatic rings. The van der Waals surface area contributed by atoms with Crippen LogP contribution in [0.2, 0.25) is 0 Å². The number of carbonyl (C=O) groups excluding carboxylic acids is 4. The van der Waals surface area contributed by atoms with Crippen LogP contribution in [0.1, 0.15) is 34.1 Å². The van der Waals surface area contributed by atoms with Crippen LogP contribution in [0.3, 0.4) is 0 Å². The van der Waals surface area contributed by atoms with Gasteiger partial charge in [-0.3, -0.25) is 24.1 Å². The fourth-order valence-corrected chi connectivity index (χ4v) is 2.56. The highest BCUT2D eigenvalue weighted by atomic mass is 16.5. The summed E-state index contributed by atoms with van der Waals surface area (Å²) in [6.07, 6.45) is -0.0261. The Kier molecular flexibility index (Phi) is 6.24. The first kappa shape index (κ1) is 18.6. The monoisotopic (exact) mass is 348 g/mol. The molecule has 1 aromatic carbocycles. The van der Waals surface area contributed by atoms with Crippen molar-refractivity contribution >= 4 is 23.7 Å². The Hall–Kier alpha value is -2.74. The lowest BCUT2D eigenvalue weighted by atomic mass is 10.1. The molecule has 0 atom stereocenters. The van der Waals surface area contributed by atoms with Crippen molar-refractivity contribution < 1.29 is 29.0 Å². The second-order valence-electron chi connectivity index (χ2n) is 5.40. The first-order valence-corrected chi connectivity index (χ1v) is 7.99. The number of benzene rings is 1. The van der Waals surface area contributed by atoms with E-state index >= 15 is 0 Å². The number of hydrogen-bond acceptors (Lipinski definition) is 6. The minimum absolute atomic E-state index is 0.00140. The Labute approximate surface area is 145 Å². The van der Waals surface area contributed by atoms with Crippen LogP contribution in [0, 0.1) is 0 Å². The number of aliphatic hydroxyl groups is 1. The molecule has 0 saturated carbocycles. The zero-order valence-electron chi connectivity index (χ0n) is 13.9. The lowest BCUT2D eigenvalue weighted by molar-refractivity contribution is -0.144. The normalized spacial score (nSPS) is 13.0. The van der Waals surface area contributed by atoms with Gasteiger partial charge in [-0.05, 0) is 19.1 Å². The molecule has 1 heterocycles. The van der Waals surface area contributed by atoms with Gasteiger partial charge in [0.15, 0.2) is 0 Å². The molecular formula is C17H20N2O6. The third-order valence-corrected chi connectivity index (χ3v) is 3.79. The zero-order valence-corrected chi connectivity index (χ0v) is 13.9. The highest BCUT2D eigenvalue weighted by Gasteiger charge is 2.37. The molecule has 0 fully saturated rings. The van der Waals surface area contributed by atoms with Gasteiger partial charge in [0.1, 0.15) is 6.54 Å². The number of aliphatic hydroxyl groups excluding tert-OH is 1. The van der Waals surface area contributed by atoms with Crippen LogP contribution in [0.15, 0.2) is 24.3 Å². The SMILES string of the molecule is CCOC(=O)CCN(CCO)C(=O)CN1C(=O)c2ccccc2C1=O. The maximum atomic E-state index is 12.4. The third kappa shape index (κ3) is 4.21. The van der Waals surface area contributed by atoms with E-state index in [4.69, 9.17) is 9.84 Å². The van der Waals surface area contributed by atoms with Crippen LogP contribution >= 0.6 is 0 Å². The van der Waals surface area contributed by atoms with Crippen molar-refractivity contribution in [2.24, 2.45) is 0 Å². The van der Waals surface area contributed by atoms with Gasteiger partial charge in [0.2, 0.25) is 5.91 Å². The molecule has 0 aliphatic carbocycles. The molecule has 0 unspecified atom stereocenters. The topological polar surface area (TPSA) is 104 Å². The van der Waals surface area contributed by atoms with Gasteiger partial charge in [0, 0.05) is 13.1 Å².